The van der Waals surface area contributed by atoms with Crippen LogP contribution in [0.15, 0.2) is 12.7 Å². The molecule has 126 valence electrons. The van der Waals surface area contributed by atoms with Crippen molar-refractivity contribution in [2.75, 3.05) is 26.2 Å². The lowest BCUT2D eigenvalue weighted by molar-refractivity contribution is -0.130. The summed E-state index contributed by atoms with van der Waals surface area (Å²) in [7, 11) is 0. The van der Waals surface area contributed by atoms with Gasteiger partial charge in [0.25, 0.3) is 5.91 Å². The van der Waals surface area contributed by atoms with Crippen molar-refractivity contribution >= 4 is 11.9 Å². The number of nitrogens with zero attached hydrogens (tertiary/aromatic N) is 5. The fourth-order valence-electron chi connectivity index (χ4n) is 3.36. The molecule has 1 aromatic heterocycles. The van der Waals surface area contributed by atoms with E-state index >= 15 is 0 Å². The molecule has 0 bridgehead atoms. The van der Waals surface area contributed by atoms with Gasteiger partial charge in [-0.3, -0.25) is 14.4 Å². The largest absolute Gasteiger partial charge is 0.325 e. The molecule has 8 heteroatoms. The zero-order chi connectivity index (χ0) is 16.4. The first-order chi connectivity index (χ1) is 11.0. The Balaban J connectivity index is 1.50. The number of urea groups is 1. The Morgan fingerprint density at radius 2 is 2.17 bits per heavy atom. The topological polar surface area (TPSA) is 83.4 Å². The Hall–Kier alpha value is -1.96. The molecule has 2 fully saturated rings. The molecule has 0 radical (unpaired) electrons. The summed E-state index contributed by atoms with van der Waals surface area (Å²) in [6, 6.07) is -0.281. The highest BCUT2D eigenvalue weighted by molar-refractivity contribution is 6.06. The van der Waals surface area contributed by atoms with Gasteiger partial charge in [-0.1, -0.05) is 0 Å². The first kappa shape index (κ1) is 15.9. The Labute approximate surface area is 135 Å². The Kier molecular flexibility index (Phi) is 4.34. The molecule has 3 rings (SSSR count). The van der Waals surface area contributed by atoms with Crippen LogP contribution in [0.4, 0.5) is 4.79 Å². The highest BCUT2D eigenvalue weighted by atomic mass is 16.2. The third kappa shape index (κ3) is 3.52. The van der Waals surface area contributed by atoms with Crippen LogP contribution in [0.1, 0.15) is 26.7 Å². The summed E-state index contributed by atoms with van der Waals surface area (Å²) in [6.07, 6.45) is 5.60. The normalized spacial score (nSPS) is 25.0. The number of nitrogens with one attached hydrogen (secondary N) is 1. The molecule has 0 spiro atoms. The van der Waals surface area contributed by atoms with E-state index in [0.29, 0.717) is 12.5 Å². The van der Waals surface area contributed by atoms with Gasteiger partial charge in [0.1, 0.15) is 18.2 Å². The maximum Gasteiger partial charge on any atom is 0.325 e. The number of hydrogen-bond acceptors (Lipinski definition) is 5. The van der Waals surface area contributed by atoms with E-state index in [9.17, 15) is 9.59 Å². The molecule has 23 heavy (non-hydrogen) atoms. The van der Waals surface area contributed by atoms with Crippen molar-refractivity contribution in [3.05, 3.63) is 12.7 Å². The maximum absolute atomic E-state index is 12.2. The van der Waals surface area contributed by atoms with Crippen molar-refractivity contribution in [2.45, 2.75) is 38.8 Å². The smallest absolute Gasteiger partial charge is 0.324 e. The molecular weight excluding hydrogens is 296 g/mol. The zero-order valence-corrected chi connectivity index (χ0v) is 13.7. The highest BCUT2D eigenvalue weighted by Crippen LogP contribution is 2.19. The summed E-state index contributed by atoms with van der Waals surface area (Å²) >= 11 is 0. The zero-order valence-electron chi connectivity index (χ0n) is 13.7. The Morgan fingerprint density at radius 1 is 1.35 bits per heavy atom. The van der Waals surface area contributed by atoms with Crippen molar-refractivity contribution in [3.63, 3.8) is 0 Å². The molecule has 0 aliphatic carbocycles. The SMILES string of the molecule is CC1(C)NC(=O)N(CCN2CCC[C@@H](Cn3cncn3)C2)C1=O. The van der Waals surface area contributed by atoms with Crippen molar-refractivity contribution in [1.29, 1.82) is 0 Å². The van der Waals surface area contributed by atoms with E-state index in [4.69, 9.17) is 0 Å². The summed E-state index contributed by atoms with van der Waals surface area (Å²) in [4.78, 5) is 31.7. The summed E-state index contributed by atoms with van der Waals surface area (Å²) in [5, 5.41) is 6.88. The van der Waals surface area contributed by atoms with Crippen LogP contribution in [-0.4, -0.2) is 68.2 Å². The van der Waals surface area contributed by atoms with Crippen LogP contribution in [-0.2, 0) is 11.3 Å². The van der Waals surface area contributed by atoms with Gasteiger partial charge in [0.15, 0.2) is 0 Å². The standard InChI is InChI=1S/C15H24N6O2/c1-15(2)13(22)21(14(23)18-15)7-6-19-5-3-4-12(8-19)9-20-11-16-10-17-20/h10-12H,3-9H2,1-2H3,(H,18,23)/t12-/m1/s1. The second-order valence-electron chi connectivity index (χ2n) is 6.94. The first-order valence-corrected chi connectivity index (χ1v) is 8.14. The van der Waals surface area contributed by atoms with E-state index in [1.54, 1.807) is 26.5 Å². The van der Waals surface area contributed by atoms with E-state index < -0.39 is 5.54 Å². The second-order valence-corrected chi connectivity index (χ2v) is 6.94. The number of hydrogen-bond donors (Lipinski definition) is 1. The number of rotatable bonds is 5. The third-order valence-corrected chi connectivity index (χ3v) is 4.60. The molecule has 3 amide bonds. The van der Waals surface area contributed by atoms with Gasteiger partial charge >= 0.3 is 6.03 Å². The quantitative estimate of drug-likeness (QED) is 0.790. The number of amides is 3. The minimum atomic E-state index is -0.783. The van der Waals surface area contributed by atoms with E-state index in [0.717, 1.165) is 32.6 Å². The molecule has 0 unspecified atom stereocenters. The molecular formula is C15H24N6O2. The molecule has 1 N–H and O–H groups in total. The number of piperidine rings is 1. The fourth-order valence-corrected chi connectivity index (χ4v) is 3.36. The fraction of sp³-hybridized carbons (Fsp3) is 0.733. The van der Waals surface area contributed by atoms with E-state index in [1.807, 2.05) is 4.68 Å². The molecule has 8 nitrogen and oxygen atoms in total. The van der Waals surface area contributed by atoms with Crippen LogP contribution in [0.25, 0.3) is 0 Å². The molecule has 0 saturated carbocycles. The van der Waals surface area contributed by atoms with E-state index in [1.165, 1.54) is 11.3 Å². The number of carbonyl (C=O) groups is 2. The highest BCUT2D eigenvalue weighted by Gasteiger charge is 2.44. The Bertz CT molecular complexity index is 571. The van der Waals surface area contributed by atoms with Gasteiger partial charge in [0.2, 0.25) is 0 Å². The second kappa shape index (κ2) is 6.27. The average molecular weight is 320 g/mol. The summed E-state index contributed by atoms with van der Waals surface area (Å²) < 4.78 is 1.87. The Morgan fingerprint density at radius 3 is 2.83 bits per heavy atom. The van der Waals surface area contributed by atoms with Gasteiger partial charge in [-0.05, 0) is 39.2 Å². The molecule has 2 aliphatic rings. The van der Waals surface area contributed by atoms with Gasteiger partial charge < -0.3 is 10.2 Å². The predicted molar refractivity (Wildman–Crippen MR) is 83.5 cm³/mol. The number of likely N-dealkylation sites (tertiary alicyclic amines) is 1. The lowest BCUT2D eigenvalue weighted by atomic mass is 9.98. The van der Waals surface area contributed by atoms with Crippen LogP contribution < -0.4 is 5.32 Å². The van der Waals surface area contributed by atoms with Crippen LogP contribution in [0.3, 0.4) is 0 Å². The number of imide groups is 1. The predicted octanol–water partition coefficient (Wildman–Crippen LogP) is 0.320. The van der Waals surface area contributed by atoms with Gasteiger partial charge in [0, 0.05) is 26.2 Å². The molecule has 1 aromatic rings. The molecule has 2 aliphatic heterocycles. The maximum atomic E-state index is 12.2. The van der Waals surface area contributed by atoms with Crippen LogP contribution >= 0.6 is 0 Å². The van der Waals surface area contributed by atoms with E-state index in [2.05, 4.69) is 20.3 Å². The van der Waals surface area contributed by atoms with Gasteiger partial charge in [-0.2, -0.15) is 5.10 Å². The summed E-state index contributed by atoms with van der Waals surface area (Å²) in [5.41, 5.74) is -0.783. The number of carbonyl (C=O) groups excluding carboxylic acids is 2. The third-order valence-electron chi connectivity index (χ3n) is 4.60. The van der Waals surface area contributed by atoms with E-state index in [-0.39, 0.29) is 11.9 Å². The summed E-state index contributed by atoms with van der Waals surface area (Å²) in [6.45, 7) is 7.50. The van der Waals surface area contributed by atoms with Crippen molar-refractivity contribution in [2.24, 2.45) is 5.92 Å². The lowest BCUT2D eigenvalue weighted by Crippen LogP contribution is -2.44. The van der Waals surface area contributed by atoms with Crippen molar-refractivity contribution < 1.29 is 9.59 Å². The molecule has 0 aromatic carbocycles. The van der Waals surface area contributed by atoms with Crippen LogP contribution in [0.5, 0.6) is 0 Å². The van der Waals surface area contributed by atoms with Gasteiger partial charge in [-0.25, -0.2) is 9.78 Å². The minimum Gasteiger partial charge on any atom is -0.324 e. The van der Waals surface area contributed by atoms with Crippen LogP contribution in [0.2, 0.25) is 0 Å². The monoisotopic (exact) mass is 320 g/mol. The van der Waals surface area contributed by atoms with Gasteiger partial charge in [-0.15, -0.1) is 0 Å². The first-order valence-electron chi connectivity index (χ1n) is 8.14. The van der Waals surface area contributed by atoms with Crippen LogP contribution in [0, 0.1) is 5.92 Å². The number of aromatic nitrogens is 3. The minimum absolute atomic E-state index is 0.140. The van der Waals surface area contributed by atoms with Crippen molar-refractivity contribution in [1.82, 2.24) is 29.9 Å². The van der Waals surface area contributed by atoms with Gasteiger partial charge in [0.05, 0.1) is 0 Å². The molecule has 1 atom stereocenters. The molecule has 3 heterocycles. The summed E-state index contributed by atoms with van der Waals surface area (Å²) in [5.74, 6) is 0.392. The average Bonchev–Trinajstić information content (AvgIpc) is 3.06. The molecule has 2 saturated heterocycles. The lowest BCUT2D eigenvalue weighted by Gasteiger charge is -2.33. The van der Waals surface area contributed by atoms with Crippen molar-refractivity contribution in [3.8, 4) is 0 Å².